The van der Waals surface area contributed by atoms with E-state index in [1.54, 1.807) is 0 Å². The van der Waals surface area contributed by atoms with Crippen molar-refractivity contribution in [3.05, 3.63) is 0 Å². The molecule has 2 saturated heterocycles. The Hall–Kier alpha value is -0.660. The summed E-state index contributed by atoms with van der Waals surface area (Å²) in [6.07, 6.45) is 2.41. The molecule has 0 radical (unpaired) electrons. The van der Waals surface area contributed by atoms with Gasteiger partial charge in [0.25, 0.3) is 0 Å². The van der Waals surface area contributed by atoms with E-state index in [0.29, 0.717) is 12.5 Å². The number of carboxylic acids is 1. The fraction of sp³-hybridized carbons (Fsp3) is 0.929. The monoisotopic (exact) mass is 318 g/mol. The zero-order valence-electron chi connectivity index (χ0n) is 12.9. The second kappa shape index (κ2) is 6.62. The summed E-state index contributed by atoms with van der Waals surface area (Å²) >= 11 is 0. The number of sulfone groups is 1. The second-order valence-corrected chi connectivity index (χ2v) is 8.71. The molecular weight excluding hydrogens is 292 g/mol. The molecule has 2 heterocycles. The van der Waals surface area contributed by atoms with Crippen LogP contribution < -0.4 is 0 Å². The van der Waals surface area contributed by atoms with Crippen LogP contribution in [0.5, 0.6) is 0 Å². The van der Waals surface area contributed by atoms with Gasteiger partial charge in [-0.3, -0.25) is 9.69 Å². The van der Waals surface area contributed by atoms with Gasteiger partial charge in [-0.1, -0.05) is 0 Å². The van der Waals surface area contributed by atoms with Crippen molar-refractivity contribution in [3.63, 3.8) is 0 Å². The second-order valence-electron chi connectivity index (χ2n) is 6.48. The number of piperidine rings is 1. The molecular formula is C14H26N2O4S. The van der Waals surface area contributed by atoms with Crippen LogP contribution in [0.15, 0.2) is 0 Å². The number of aliphatic carboxylic acids is 1. The van der Waals surface area contributed by atoms with Gasteiger partial charge in [-0.25, -0.2) is 8.42 Å². The minimum atomic E-state index is -2.98. The Kier molecular flexibility index (Phi) is 5.27. The van der Waals surface area contributed by atoms with E-state index < -0.39 is 15.8 Å². The van der Waals surface area contributed by atoms with Gasteiger partial charge in [-0.05, 0) is 46.2 Å². The highest BCUT2D eigenvalue weighted by Gasteiger charge is 2.37. The fourth-order valence-corrected chi connectivity index (χ4v) is 5.23. The summed E-state index contributed by atoms with van der Waals surface area (Å²) in [5.41, 5.74) is 0. The molecule has 0 aliphatic carbocycles. The fourth-order valence-electron chi connectivity index (χ4n) is 3.48. The summed E-state index contributed by atoms with van der Waals surface area (Å²) in [6, 6.07) is 0.571. The number of nitrogens with zero attached hydrogens (tertiary/aromatic N) is 2. The lowest BCUT2D eigenvalue weighted by Gasteiger charge is -2.41. The molecule has 0 aromatic carbocycles. The van der Waals surface area contributed by atoms with E-state index in [1.165, 1.54) is 0 Å². The van der Waals surface area contributed by atoms with E-state index >= 15 is 0 Å². The Morgan fingerprint density at radius 1 is 1.24 bits per heavy atom. The van der Waals surface area contributed by atoms with Crippen molar-refractivity contribution < 1.29 is 18.3 Å². The first kappa shape index (κ1) is 16.7. The topological polar surface area (TPSA) is 77.9 Å². The molecule has 21 heavy (non-hydrogen) atoms. The number of hydrogen-bond acceptors (Lipinski definition) is 5. The molecule has 1 atom stereocenters. The van der Waals surface area contributed by atoms with Crippen LogP contribution in [0.4, 0.5) is 0 Å². The highest BCUT2D eigenvalue weighted by atomic mass is 32.2. The first-order valence-electron chi connectivity index (χ1n) is 7.70. The third kappa shape index (κ3) is 4.40. The predicted octanol–water partition coefficient (Wildman–Crippen LogP) is 0.433. The summed E-state index contributed by atoms with van der Waals surface area (Å²) < 4.78 is 23.3. The maximum atomic E-state index is 11.7. The summed E-state index contributed by atoms with van der Waals surface area (Å²) in [5, 5.41) is 9.14. The third-order valence-electron chi connectivity index (χ3n) is 4.69. The van der Waals surface area contributed by atoms with Crippen LogP contribution in [-0.2, 0) is 14.6 Å². The van der Waals surface area contributed by atoms with Gasteiger partial charge < -0.3 is 10.0 Å². The Bertz CT molecular complexity index is 469. The van der Waals surface area contributed by atoms with E-state index in [1.807, 2.05) is 4.90 Å². The van der Waals surface area contributed by atoms with Crippen molar-refractivity contribution in [2.24, 2.45) is 0 Å². The SMILES string of the molecule is CC(C)N1CCC(N(CC(=O)O)C2CCS(=O)(=O)C2)CC1. The summed E-state index contributed by atoms with van der Waals surface area (Å²) in [6.45, 7) is 6.19. The predicted molar refractivity (Wildman–Crippen MR) is 81.1 cm³/mol. The van der Waals surface area contributed by atoms with E-state index in [-0.39, 0.29) is 30.1 Å². The van der Waals surface area contributed by atoms with Gasteiger partial charge in [0.15, 0.2) is 9.84 Å². The van der Waals surface area contributed by atoms with Crippen molar-refractivity contribution in [3.8, 4) is 0 Å². The molecule has 2 rings (SSSR count). The van der Waals surface area contributed by atoms with Gasteiger partial charge in [-0.15, -0.1) is 0 Å². The van der Waals surface area contributed by atoms with Crippen molar-refractivity contribution in [2.45, 2.75) is 51.2 Å². The smallest absolute Gasteiger partial charge is 0.317 e. The van der Waals surface area contributed by atoms with E-state index in [9.17, 15) is 13.2 Å². The molecule has 7 heteroatoms. The molecule has 0 spiro atoms. The molecule has 6 nitrogen and oxygen atoms in total. The summed E-state index contributed by atoms with van der Waals surface area (Å²) in [5.74, 6) is -0.561. The van der Waals surface area contributed by atoms with Crippen LogP contribution in [0.1, 0.15) is 33.1 Å². The number of carboxylic acid groups (broad SMARTS) is 1. The lowest BCUT2D eigenvalue weighted by Crippen LogP contribution is -2.52. The molecule has 0 saturated carbocycles. The first-order valence-corrected chi connectivity index (χ1v) is 9.52. The minimum absolute atomic E-state index is 0.0491. The molecule has 2 aliphatic heterocycles. The van der Waals surface area contributed by atoms with Gasteiger partial charge in [0.2, 0.25) is 0 Å². The van der Waals surface area contributed by atoms with Crippen molar-refractivity contribution in [2.75, 3.05) is 31.1 Å². The number of carbonyl (C=O) groups is 1. The normalized spacial score (nSPS) is 27.5. The van der Waals surface area contributed by atoms with Crippen LogP contribution in [-0.4, -0.2) is 78.6 Å². The minimum Gasteiger partial charge on any atom is -0.480 e. The average Bonchev–Trinajstić information content (AvgIpc) is 2.76. The van der Waals surface area contributed by atoms with Crippen LogP contribution in [0.25, 0.3) is 0 Å². The molecule has 122 valence electrons. The largest absolute Gasteiger partial charge is 0.480 e. The van der Waals surface area contributed by atoms with Gasteiger partial charge in [0, 0.05) is 18.1 Å². The Morgan fingerprint density at radius 3 is 2.29 bits per heavy atom. The molecule has 0 bridgehead atoms. The number of rotatable bonds is 5. The molecule has 2 fully saturated rings. The quantitative estimate of drug-likeness (QED) is 0.792. The van der Waals surface area contributed by atoms with Crippen LogP contribution in [0.2, 0.25) is 0 Å². The first-order chi connectivity index (χ1) is 9.78. The third-order valence-corrected chi connectivity index (χ3v) is 6.44. The van der Waals surface area contributed by atoms with Crippen molar-refractivity contribution in [1.29, 1.82) is 0 Å². The number of hydrogen-bond donors (Lipinski definition) is 1. The van der Waals surface area contributed by atoms with Crippen molar-refractivity contribution in [1.82, 2.24) is 9.80 Å². The van der Waals surface area contributed by atoms with Crippen LogP contribution >= 0.6 is 0 Å². The lowest BCUT2D eigenvalue weighted by atomic mass is 9.99. The van der Waals surface area contributed by atoms with Gasteiger partial charge in [0.1, 0.15) is 0 Å². The van der Waals surface area contributed by atoms with Gasteiger partial charge in [-0.2, -0.15) is 0 Å². The zero-order chi connectivity index (χ0) is 15.6. The molecule has 0 aromatic heterocycles. The number of likely N-dealkylation sites (tertiary alicyclic amines) is 1. The summed E-state index contributed by atoms with van der Waals surface area (Å²) in [4.78, 5) is 15.5. The maximum Gasteiger partial charge on any atom is 0.317 e. The zero-order valence-corrected chi connectivity index (χ0v) is 13.7. The average molecular weight is 318 g/mol. The van der Waals surface area contributed by atoms with Gasteiger partial charge >= 0.3 is 5.97 Å². The van der Waals surface area contributed by atoms with Crippen molar-refractivity contribution >= 4 is 15.8 Å². The Balaban J connectivity index is 2.02. The van der Waals surface area contributed by atoms with Crippen LogP contribution in [0.3, 0.4) is 0 Å². The van der Waals surface area contributed by atoms with E-state index in [0.717, 1.165) is 25.9 Å². The highest BCUT2D eigenvalue weighted by Crippen LogP contribution is 2.25. The summed E-state index contributed by atoms with van der Waals surface area (Å²) in [7, 11) is -2.98. The highest BCUT2D eigenvalue weighted by molar-refractivity contribution is 7.91. The lowest BCUT2D eigenvalue weighted by molar-refractivity contribution is -0.140. The molecule has 1 N–H and O–H groups in total. The van der Waals surface area contributed by atoms with Gasteiger partial charge in [0.05, 0.1) is 18.1 Å². The molecule has 0 amide bonds. The van der Waals surface area contributed by atoms with E-state index in [4.69, 9.17) is 5.11 Å². The molecule has 0 aromatic rings. The Morgan fingerprint density at radius 2 is 1.86 bits per heavy atom. The van der Waals surface area contributed by atoms with E-state index in [2.05, 4.69) is 18.7 Å². The van der Waals surface area contributed by atoms with Crippen LogP contribution in [0, 0.1) is 0 Å². The Labute approximate surface area is 127 Å². The standard InChI is InChI=1S/C14H26N2O4S/c1-11(2)15-6-3-12(4-7-15)16(9-14(17)18)13-5-8-21(19,20)10-13/h11-13H,3-10H2,1-2H3,(H,17,18). The molecule has 1 unspecified atom stereocenters. The maximum absolute atomic E-state index is 11.7. The molecule has 2 aliphatic rings.